The quantitative estimate of drug-likeness (QED) is 0.868. The molecule has 0 aromatic heterocycles. The van der Waals surface area contributed by atoms with E-state index in [0.29, 0.717) is 16.8 Å². The second-order valence-electron chi connectivity index (χ2n) is 4.05. The number of benzene rings is 2. The lowest BCUT2D eigenvalue weighted by molar-refractivity contribution is 0.574. The van der Waals surface area contributed by atoms with E-state index in [2.05, 4.69) is 5.32 Å². The molecule has 2 aromatic rings. The van der Waals surface area contributed by atoms with Crippen molar-refractivity contribution in [1.82, 2.24) is 0 Å². The molecule has 0 heterocycles. The van der Waals surface area contributed by atoms with Crippen LogP contribution in [0.5, 0.6) is 0 Å². The van der Waals surface area contributed by atoms with Gasteiger partial charge in [-0.05, 0) is 30.7 Å². The molecule has 0 saturated carbocycles. The Balaban J connectivity index is 2.09. The third-order valence-electron chi connectivity index (χ3n) is 2.67. The molecule has 1 N–H and O–H groups in total. The maximum Gasteiger partial charge on any atom is 0.131 e. The maximum atomic E-state index is 13.3. The van der Waals surface area contributed by atoms with Crippen molar-refractivity contribution in [2.45, 2.75) is 13.5 Å². The van der Waals surface area contributed by atoms with E-state index in [-0.39, 0.29) is 12.4 Å². The van der Waals surface area contributed by atoms with Gasteiger partial charge in [-0.25, -0.2) is 13.2 Å². The molecule has 0 amide bonds. The minimum atomic E-state index is -0.616. The SMILES string of the molecule is Cc1ccc(NCc2ccc(F)cc2F)cc1F. The third-order valence-corrected chi connectivity index (χ3v) is 2.67. The molecule has 0 bridgehead atoms. The van der Waals surface area contributed by atoms with Crippen LogP contribution in [-0.4, -0.2) is 0 Å². The number of nitrogens with one attached hydrogen (secondary N) is 1. The van der Waals surface area contributed by atoms with Gasteiger partial charge < -0.3 is 5.32 Å². The fourth-order valence-electron chi connectivity index (χ4n) is 1.57. The van der Waals surface area contributed by atoms with Crippen LogP contribution in [0.1, 0.15) is 11.1 Å². The van der Waals surface area contributed by atoms with E-state index in [0.717, 1.165) is 6.07 Å². The van der Waals surface area contributed by atoms with Gasteiger partial charge >= 0.3 is 0 Å². The highest BCUT2D eigenvalue weighted by Crippen LogP contribution is 2.16. The summed E-state index contributed by atoms with van der Waals surface area (Å²) >= 11 is 0. The van der Waals surface area contributed by atoms with E-state index in [1.54, 1.807) is 19.1 Å². The summed E-state index contributed by atoms with van der Waals surface area (Å²) in [4.78, 5) is 0. The highest BCUT2D eigenvalue weighted by Gasteiger charge is 2.04. The minimum absolute atomic E-state index is 0.175. The normalized spacial score (nSPS) is 10.4. The van der Waals surface area contributed by atoms with Crippen molar-refractivity contribution in [2.24, 2.45) is 0 Å². The molecule has 2 rings (SSSR count). The van der Waals surface area contributed by atoms with Crippen LogP contribution in [0.4, 0.5) is 18.9 Å². The van der Waals surface area contributed by atoms with Gasteiger partial charge in [-0.1, -0.05) is 12.1 Å². The van der Waals surface area contributed by atoms with Gasteiger partial charge in [-0.2, -0.15) is 0 Å². The first-order chi connectivity index (χ1) is 8.56. The Labute approximate surface area is 103 Å². The summed E-state index contributed by atoms with van der Waals surface area (Å²) in [6.07, 6.45) is 0. The van der Waals surface area contributed by atoms with Crippen molar-refractivity contribution in [1.29, 1.82) is 0 Å². The number of aryl methyl sites for hydroxylation is 1. The van der Waals surface area contributed by atoms with Crippen molar-refractivity contribution in [2.75, 3.05) is 5.32 Å². The molecule has 4 heteroatoms. The zero-order valence-corrected chi connectivity index (χ0v) is 9.81. The highest BCUT2D eigenvalue weighted by molar-refractivity contribution is 5.45. The highest BCUT2D eigenvalue weighted by atomic mass is 19.1. The zero-order valence-electron chi connectivity index (χ0n) is 9.81. The second kappa shape index (κ2) is 5.12. The molecule has 0 aliphatic carbocycles. The summed E-state index contributed by atoms with van der Waals surface area (Å²) < 4.78 is 39.3. The number of halogens is 3. The van der Waals surface area contributed by atoms with E-state index in [9.17, 15) is 13.2 Å². The Morgan fingerprint density at radius 1 is 0.944 bits per heavy atom. The Bertz CT molecular complexity index is 567. The minimum Gasteiger partial charge on any atom is -0.381 e. The fraction of sp³-hybridized carbons (Fsp3) is 0.143. The Morgan fingerprint density at radius 2 is 1.72 bits per heavy atom. The molecular weight excluding hydrogens is 239 g/mol. The predicted octanol–water partition coefficient (Wildman–Crippen LogP) is 4.02. The Hall–Kier alpha value is -1.97. The van der Waals surface area contributed by atoms with Crippen molar-refractivity contribution < 1.29 is 13.2 Å². The van der Waals surface area contributed by atoms with Crippen molar-refractivity contribution in [3.8, 4) is 0 Å². The molecular formula is C14H12F3N. The zero-order chi connectivity index (χ0) is 13.1. The van der Waals surface area contributed by atoms with Gasteiger partial charge in [0.15, 0.2) is 0 Å². The molecule has 18 heavy (non-hydrogen) atoms. The van der Waals surface area contributed by atoms with E-state index >= 15 is 0 Å². The Morgan fingerprint density at radius 3 is 2.39 bits per heavy atom. The Kier molecular flexibility index (Phi) is 3.55. The second-order valence-corrected chi connectivity index (χ2v) is 4.05. The average molecular weight is 251 g/mol. The van der Waals surface area contributed by atoms with Crippen LogP contribution >= 0.6 is 0 Å². The van der Waals surface area contributed by atoms with Crippen LogP contribution in [0.15, 0.2) is 36.4 Å². The molecule has 0 aliphatic rings. The van der Waals surface area contributed by atoms with E-state index in [4.69, 9.17) is 0 Å². The fourth-order valence-corrected chi connectivity index (χ4v) is 1.57. The van der Waals surface area contributed by atoms with Crippen molar-refractivity contribution in [3.05, 3.63) is 65.0 Å². The van der Waals surface area contributed by atoms with Gasteiger partial charge in [0.05, 0.1) is 0 Å². The molecule has 0 atom stereocenters. The molecule has 1 nitrogen and oxygen atoms in total. The molecule has 0 unspecified atom stereocenters. The van der Waals surface area contributed by atoms with Crippen molar-refractivity contribution in [3.63, 3.8) is 0 Å². The summed E-state index contributed by atoms with van der Waals surface area (Å²) in [6, 6.07) is 8.07. The maximum absolute atomic E-state index is 13.3. The van der Waals surface area contributed by atoms with Gasteiger partial charge in [0.25, 0.3) is 0 Å². The van der Waals surface area contributed by atoms with Gasteiger partial charge in [-0.15, -0.1) is 0 Å². The molecule has 2 aromatic carbocycles. The van der Waals surface area contributed by atoms with Gasteiger partial charge in [0, 0.05) is 23.9 Å². The van der Waals surface area contributed by atoms with E-state index in [1.165, 1.54) is 18.2 Å². The molecule has 0 aliphatic heterocycles. The molecule has 0 fully saturated rings. The summed E-state index contributed by atoms with van der Waals surface area (Å²) in [5.41, 5.74) is 1.44. The van der Waals surface area contributed by atoms with Crippen molar-refractivity contribution >= 4 is 5.69 Å². The van der Waals surface area contributed by atoms with Crippen LogP contribution in [0, 0.1) is 24.4 Å². The molecule has 0 saturated heterocycles. The number of hydrogen-bond acceptors (Lipinski definition) is 1. The van der Waals surface area contributed by atoms with Crippen LogP contribution in [0.25, 0.3) is 0 Å². The van der Waals surface area contributed by atoms with Gasteiger partial charge in [0.2, 0.25) is 0 Å². The average Bonchev–Trinajstić information content (AvgIpc) is 2.32. The number of anilines is 1. The van der Waals surface area contributed by atoms with Gasteiger partial charge in [0.1, 0.15) is 17.5 Å². The number of rotatable bonds is 3. The van der Waals surface area contributed by atoms with Crippen LogP contribution in [-0.2, 0) is 6.54 Å². The lowest BCUT2D eigenvalue weighted by Crippen LogP contribution is -2.02. The predicted molar refractivity (Wildman–Crippen MR) is 64.8 cm³/mol. The van der Waals surface area contributed by atoms with Gasteiger partial charge in [-0.3, -0.25) is 0 Å². The summed E-state index contributed by atoms with van der Waals surface area (Å²) in [6.45, 7) is 1.84. The van der Waals surface area contributed by atoms with E-state index in [1.807, 2.05) is 0 Å². The first kappa shape index (κ1) is 12.5. The lowest BCUT2D eigenvalue weighted by Gasteiger charge is -2.08. The summed E-state index contributed by atoms with van der Waals surface area (Å²) in [5.74, 6) is -1.55. The first-order valence-corrected chi connectivity index (χ1v) is 5.50. The summed E-state index contributed by atoms with van der Waals surface area (Å²) in [7, 11) is 0. The molecule has 0 spiro atoms. The first-order valence-electron chi connectivity index (χ1n) is 5.50. The number of hydrogen-bond donors (Lipinski definition) is 1. The van der Waals surface area contributed by atoms with Crippen LogP contribution < -0.4 is 5.32 Å². The third kappa shape index (κ3) is 2.83. The molecule has 94 valence electrons. The largest absolute Gasteiger partial charge is 0.381 e. The topological polar surface area (TPSA) is 12.0 Å². The van der Waals surface area contributed by atoms with E-state index < -0.39 is 11.6 Å². The van der Waals surface area contributed by atoms with Crippen LogP contribution in [0.3, 0.4) is 0 Å². The lowest BCUT2D eigenvalue weighted by atomic mass is 10.2. The summed E-state index contributed by atoms with van der Waals surface area (Å²) in [5, 5.41) is 2.89. The smallest absolute Gasteiger partial charge is 0.131 e. The monoisotopic (exact) mass is 251 g/mol. The standard InChI is InChI=1S/C14H12F3N/c1-9-2-5-12(7-13(9)16)18-8-10-3-4-11(15)6-14(10)17/h2-7,18H,8H2,1H3. The molecule has 0 radical (unpaired) electrons. The van der Waals surface area contributed by atoms with Crippen LogP contribution in [0.2, 0.25) is 0 Å².